The summed E-state index contributed by atoms with van der Waals surface area (Å²) >= 11 is 0. The molecule has 2 aliphatic rings. The van der Waals surface area contributed by atoms with Crippen LogP contribution in [0.3, 0.4) is 0 Å². The molecule has 6 atom stereocenters. The zero-order valence-corrected chi connectivity index (χ0v) is 25.3. The third-order valence-electron chi connectivity index (χ3n) is 8.68. The summed E-state index contributed by atoms with van der Waals surface area (Å²) in [5.41, 5.74) is 0.539. The Bertz CT molecular complexity index is 978. The zero-order valence-electron chi connectivity index (χ0n) is 23.5. The summed E-state index contributed by atoms with van der Waals surface area (Å²) in [5.74, 6) is 0.534. The second-order valence-electron chi connectivity index (χ2n) is 12.8. The van der Waals surface area contributed by atoms with E-state index in [0.717, 1.165) is 36.1 Å². The molecule has 0 aromatic heterocycles. The van der Waals surface area contributed by atoms with Crippen LogP contribution >= 0.6 is 0 Å². The molecule has 7 heteroatoms. The minimum Gasteiger partial charge on any atom is -0.415 e. The van der Waals surface area contributed by atoms with Crippen LogP contribution in [0, 0.1) is 18.8 Å². The van der Waals surface area contributed by atoms with Gasteiger partial charge >= 0.3 is 0 Å². The largest absolute Gasteiger partial charge is 0.415 e. The lowest BCUT2D eigenvalue weighted by atomic mass is 9.75. The van der Waals surface area contributed by atoms with Crippen LogP contribution in [0.4, 0.5) is 0 Å². The normalized spacial score (nSPS) is 30.1. The summed E-state index contributed by atoms with van der Waals surface area (Å²) < 4.78 is 33.2. The van der Waals surface area contributed by atoms with Gasteiger partial charge in [-0.3, -0.25) is 0 Å². The topological polar surface area (TPSA) is 68.1 Å². The van der Waals surface area contributed by atoms with Crippen LogP contribution in [0.1, 0.15) is 72.8 Å². The smallest absolute Gasteiger partial charge is 0.192 e. The van der Waals surface area contributed by atoms with E-state index in [1.54, 1.807) is 0 Å². The molecule has 1 aliphatic heterocycles. The number of hydrogen-bond donors (Lipinski definition) is 1. The van der Waals surface area contributed by atoms with Gasteiger partial charge in [-0.05, 0) is 62.9 Å². The molecule has 1 aromatic rings. The highest BCUT2D eigenvalue weighted by atomic mass is 32.2. The van der Waals surface area contributed by atoms with Crippen molar-refractivity contribution in [3.8, 4) is 0 Å². The van der Waals surface area contributed by atoms with Crippen LogP contribution < -0.4 is 0 Å². The Morgan fingerprint density at radius 3 is 2.43 bits per heavy atom. The summed E-state index contributed by atoms with van der Waals surface area (Å²) in [6.45, 7) is 20.0. The standard InChI is InChI=1S/C28H49NO4SSi/c1-20(2)25(18-32-35(8,9)27(5,6)7)29-34(31,23-15-13-21(3)14-16-23)19-28-17-11-10-12-24(28)26(30)22(4)33-28/h13-16,20,22,24-26,30H,10-12,17-19H2,1-9H3/t22-,24-,25+,26-,28+,34?/m1/s1. The van der Waals surface area contributed by atoms with Crippen LogP contribution in [0.15, 0.2) is 33.5 Å². The number of fused-ring (bicyclic) bond motifs is 1. The molecule has 1 heterocycles. The Hall–Kier alpha value is -0.733. The zero-order chi connectivity index (χ0) is 26.2. The van der Waals surface area contributed by atoms with Crippen molar-refractivity contribution >= 4 is 18.0 Å². The van der Waals surface area contributed by atoms with Crippen LogP contribution in [0.25, 0.3) is 0 Å². The van der Waals surface area contributed by atoms with Crippen molar-refractivity contribution in [2.45, 2.75) is 121 Å². The molecule has 3 rings (SSSR count). The molecule has 1 aromatic carbocycles. The van der Waals surface area contributed by atoms with Gasteiger partial charge in [0.25, 0.3) is 0 Å². The monoisotopic (exact) mass is 523 g/mol. The molecule has 0 amide bonds. The van der Waals surface area contributed by atoms with E-state index in [0.29, 0.717) is 12.4 Å². The van der Waals surface area contributed by atoms with Gasteiger partial charge in [-0.2, -0.15) is 0 Å². The summed E-state index contributed by atoms with van der Waals surface area (Å²) in [6, 6.07) is 7.79. The minimum absolute atomic E-state index is 0.00806. The maximum atomic E-state index is 15.0. The Morgan fingerprint density at radius 1 is 1.23 bits per heavy atom. The number of nitrogens with zero attached hydrogens (tertiary/aromatic N) is 1. The average Bonchev–Trinajstić information content (AvgIpc) is 3.00. The van der Waals surface area contributed by atoms with E-state index in [2.05, 4.69) is 47.7 Å². The van der Waals surface area contributed by atoms with Gasteiger partial charge in [0, 0.05) is 10.8 Å². The predicted octanol–water partition coefficient (Wildman–Crippen LogP) is 6.58. The minimum atomic E-state index is -2.82. The summed E-state index contributed by atoms with van der Waals surface area (Å²) in [5, 5.41) is 11.0. The van der Waals surface area contributed by atoms with E-state index >= 15 is 0 Å². The fourth-order valence-corrected chi connectivity index (χ4v) is 8.96. The number of benzene rings is 1. The van der Waals surface area contributed by atoms with Gasteiger partial charge in [0.2, 0.25) is 0 Å². The molecule has 1 unspecified atom stereocenters. The molecule has 1 N–H and O–H groups in total. The summed E-state index contributed by atoms with van der Waals surface area (Å²) in [4.78, 5) is 0.761. The Kier molecular flexibility index (Phi) is 8.70. The van der Waals surface area contributed by atoms with Crippen molar-refractivity contribution in [2.75, 3.05) is 12.4 Å². The third kappa shape index (κ3) is 6.23. The number of hydrogen-bond acceptors (Lipinski definition) is 5. The molecule has 1 aliphatic carbocycles. The lowest BCUT2D eigenvalue weighted by Crippen LogP contribution is -2.47. The summed E-state index contributed by atoms with van der Waals surface area (Å²) in [7, 11) is -4.79. The summed E-state index contributed by atoms with van der Waals surface area (Å²) in [6.07, 6.45) is 3.09. The molecule has 0 bridgehead atoms. The average molecular weight is 524 g/mol. The quantitative estimate of drug-likeness (QED) is 0.391. The fraction of sp³-hybridized carbons (Fsp3) is 0.786. The van der Waals surface area contributed by atoms with Crippen molar-refractivity contribution in [1.29, 1.82) is 0 Å². The lowest BCUT2D eigenvalue weighted by molar-refractivity contribution is -0.0547. The van der Waals surface area contributed by atoms with E-state index in [-0.39, 0.29) is 29.0 Å². The van der Waals surface area contributed by atoms with Crippen LogP contribution in [0.2, 0.25) is 18.1 Å². The van der Waals surface area contributed by atoms with Gasteiger partial charge in [0.15, 0.2) is 8.32 Å². The number of rotatable bonds is 8. The first kappa shape index (κ1) is 28.8. The Labute approximate surface area is 215 Å². The van der Waals surface area contributed by atoms with E-state index in [1.165, 1.54) is 0 Å². The van der Waals surface area contributed by atoms with E-state index < -0.39 is 29.8 Å². The number of aliphatic hydroxyl groups is 1. The highest BCUT2D eigenvalue weighted by Gasteiger charge is 2.55. The van der Waals surface area contributed by atoms with Gasteiger partial charge in [0.05, 0.1) is 45.9 Å². The van der Waals surface area contributed by atoms with Gasteiger partial charge in [0.1, 0.15) is 0 Å². The van der Waals surface area contributed by atoms with Gasteiger partial charge in [-0.1, -0.05) is 65.2 Å². The van der Waals surface area contributed by atoms with Crippen molar-refractivity contribution < 1.29 is 18.5 Å². The van der Waals surface area contributed by atoms with Crippen molar-refractivity contribution in [3.63, 3.8) is 0 Å². The first-order chi connectivity index (χ1) is 16.1. The molecule has 2 fully saturated rings. The van der Waals surface area contributed by atoms with Crippen LogP contribution in [0.5, 0.6) is 0 Å². The van der Waals surface area contributed by atoms with Gasteiger partial charge < -0.3 is 14.3 Å². The van der Waals surface area contributed by atoms with Crippen LogP contribution in [-0.2, 0) is 18.9 Å². The molecule has 5 nitrogen and oxygen atoms in total. The lowest BCUT2D eigenvalue weighted by Gasteiger charge is -2.40. The van der Waals surface area contributed by atoms with Crippen molar-refractivity contribution in [1.82, 2.24) is 0 Å². The Morgan fingerprint density at radius 2 is 1.86 bits per heavy atom. The van der Waals surface area contributed by atoms with Crippen LogP contribution in [-0.4, -0.2) is 53.8 Å². The first-order valence-electron chi connectivity index (χ1n) is 13.4. The molecular formula is C28H49NO4SSi. The maximum absolute atomic E-state index is 15.0. The third-order valence-corrected chi connectivity index (χ3v) is 15.7. The highest BCUT2D eigenvalue weighted by Crippen LogP contribution is 2.48. The molecule has 35 heavy (non-hydrogen) atoms. The molecule has 0 spiro atoms. The van der Waals surface area contributed by atoms with E-state index in [1.807, 2.05) is 38.1 Å². The van der Waals surface area contributed by atoms with Crippen molar-refractivity contribution in [2.24, 2.45) is 16.2 Å². The maximum Gasteiger partial charge on any atom is 0.192 e. The second kappa shape index (κ2) is 10.6. The Balaban J connectivity index is 2.04. The van der Waals surface area contributed by atoms with Gasteiger partial charge in [-0.15, -0.1) is 0 Å². The molecule has 0 radical (unpaired) electrons. The first-order valence-corrected chi connectivity index (χ1v) is 18.0. The highest BCUT2D eigenvalue weighted by molar-refractivity contribution is 7.93. The van der Waals surface area contributed by atoms with E-state index in [9.17, 15) is 9.32 Å². The second-order valence-corrected chi connectivity index (χ2v) is 19.9. The number of aryl methyl sites for hydroxylation is 1. The molecule has 1 saturated carbocycles. The molecule has 200 valence electrons. The van der Waals surface area contributed by atoms with E-state index in [4.69, 9.17) is 13.5 Å². The predicted molar refractivity (Wildman–Crippen MR) is 148 cm³/mol. The van der Waals surface area contributed by atoms with Gasteiger partial charge in [-0.25, -0.2) is 8.57 Å². The molecule has 1 saturated heterocycles. The fourth-order valence-electron chi connectivity index (χ4n) is 5.18. The number of aliphatic hydroxyl groups excluding tert-OH is 1. The number of ether oxygens (including phenoxy) is 1. The van der Waals surface area contributed by atoms with Crippen molar-refractivity contribution in [3.05, 3.63) is 29.8 Å². The SMILES string of the molecule is Cc1ccc(S(=O)(C[C@@]23CCCC[C@@H]2[C@H](O)[C@@H](C)O3)=N[C@@H](CO[Si](C)(C)C(C)(C)C)C(C)C)cc1. The molecular weight excluding hydrogens is 474 g/mol.